The summed E-state index contributed by atoms with van der Waals surface area (Å²) < 4.78 is 0. The van der Waals surface area contributed by atoms with Crippen LogP contribution in [-0.4, -0.2) is 71.7 Å². The Bertz CT molecular complexity index is 735. The molecule has 2 N–H and O–H groups in total. The predicted molar refractivity (Wildman–Crippen MR) is 125 cm³/mol. The SMILES string of the molecule is CN1CCCCC1(C)C(=O)NC[C@@]1(c2ccccc2)CC[C@H](O)[C@@H](N2CCCC2)CC1. The zero-order valence-corrected chi connectivity index (χ0v) is 19.5. The van der Waals surface area contributed by atoms with E-state index in [-0.39, 0.29) is 23.5 Å². The number of carbonyl (C=O) groups is 1. The van der Waals surface area contributed by atoms with Crippen LogP contribution in [-0.2, 0) is 10.2 Å². The molecule has 0 bridgehead atoms. The maximum Gasteiger partial charge on any atom is 0.240 e. The van der Waals surface area contributed by atoms with E-state index in [4.69, 9.17) is 0 Å². The topological polar surface area (TPSA) is 55.8 Å². The molecule has 1 aliphatic carbocycles. The molecule has 0 radical (unpaired) electrons. The quantitative estimate of drug-likeness (QED) is 0.708. The third-order valence-corrected chi connectivity index (χ3v) is 8.60. The fraction of sp³-hybridized carbons (Fsp3) is 0.731. The number of nitrogens with zero attached hydrogens (tertiary/aromatic N) is 2. The van der Waals surface area contributed by atoms with Crippen LogP contribution < -0.4 is 5.32 Å². The van der Waals surface area contributed by atoms with Gasteiger partial charge in [0.2, 0.25) is 5.91 Å². The first-order valence-electron chi connectivity index (χ1n) is 12.4. The Morgan fingerprint density at radius 3 is 2.42 bits per heavy atom. The van der Waals surface area contributed by atoms with Gasteiger partial charge in [-0.3, -0.25) is 14.6 Å². The second kappa shape index (κ2) is 9.60. The van der Waals surface area contributed by atoms with Crippen LogP contribution in [0.3, 0.4) is 0 Å². The molecule has 0 aromatic heterocycles. The van der Waals surface area contributed by atoms with Gasteiger partial charge in [-0.15, -0.1) is 0 Å². The molecule has 1 aromatic rings. The van der Waals surface area contributed by atoms with Crippen molar-refractivity contribution in [2.45, 2.75) is 87.8 Å². The average molecular weight is 428 g/mol. The molecular weight excluding hydrogens is 386 g/mol. The molecule has 0 spiro atoms. The second-order valence-electron chi connectivity index (χ2n) is 10.4. The van der Waals surface area contributed by atoms with Gasteiger partial charge in [0, 0.05) is 18.0 Å². The van der Waals surface area contributed by atoms with Crippen molar-refractivity contribution in [2.75, 3.05) is 33.2 Å². The van der Waals surface area contributed by atoms with Gasteiger partial charge in [-0.25, -0.2) is 0 Å². The fourth-order valence-corrected chi connectivity index (χ4v) is 6.20. The van der Waals surface area contributed by atoms with Crippen LogP contribution in [0.2, 0.25) is 0 Å². The molecule has 4 rings (SSSR count). The molecule has 4 atom stereocenters. The first kappa shape index (κ1) is 22.8. The highest BCUT2D eigenvalue weighted by Crippen LogP contribution is 2.40. The van der Waals surface area contributed by atoms with Crippen molar-refractivity contribution in [1.82, 2.24) is 15.1 Å². The van der Waals surface area contributed by atoms with Gasteiger partial charge in [0.1, 0.15) is 0 Å². The van der Waals surface area contributed by atoms with Gasteiger partial charge in [-0.2, -0.15) is 0 Å². The summed E-state index contributed by atoms with van der Waals surface area (Å²) in [5.74, 6) is 0.158. The number of benzene rings is 1. The van der Waals surface area contributed by atoms with E-state index in [0.717, 1.165) is 58.2 Å². The number of piperidine rings is 1. The minimum absolute atomic E-state index is 0.115. The van der Waals surface area contributed by atoms with Crippen LogP contribution in [0.1, 0.15) is 70.3 Å². The predicted octanol–water partition coefficient (Wildman–Crippen LogP) is 3.31. The zero-order chi connectivity index (χ0) is 21.9. The van der Waals surface area contributed by atoms with E-state index in [1.165, 1.54) is 24.8 Å². The first-order chi connectivity index (χ1) is 14.9. The van der Waals surface area contributed by atoms with Crippen LogP contribution >= 0.6 is 0 Å². The number of likely N-dealkylation sites (tertiary alicyclic amines) is 2. The van der Waals surface area contributed by atoms with E-state index in [0.29, 0.717) is 6.54 Å². The molecule has 3 aliphatic rings. The van der Waals surface area contributed by atoms with E-state index < -0.39 is 5.54 Å². The summed E-state index contributed by atoms with van der Waals surface area (Å²) in [6, 6.07) is 11.0. The smallest absolute Gasteiger partial charge is 0.240 e. The molecular formula is C26H41N3O2. The Morgan fingerprint density at radius 1 is 1.03 bits per heavy atom. The summed E-state index contributed by atoms with van der Waals surface area (Å²) >= 11 is 0. The van der Waals surface area contributed by atoms with Gasteiger partial charge in [-0.05, 0) is 97.0 Å². The molecule has 2 heterocycles. The lowest BCUT2D eigenvalue weighted by Gasteiger charge is -2.42. The molecule has 1 unspecified atom stereocenters. The van der Waals surface area contributed by atoms with Crippen LogP contribution in [0.15, 0.2) is 30.3 Å². The fourth-order valence-electron chi connectivity index (χ4n) is 6.20. The Morgan fingerprint density at radius 2 is 1.71 bits per heavy atom. The number of likely N-dealkylation sites (N-methyl/N-ethyl adjacent to an activating group) is 1. The van der Waals surface area contributed by atoms with E-state index in [1.807, 2.05) is 0 Å². The van der Waals surface area contributed by atoms with Gasteiger partial charge in [0.05, 0.1) is 11.6 Å². The highest BCUT2D eigenvalue weighted by molar-refractivity contribution is 5.86. The molecule has 3 fully saturated rings. The molecule has 1 saturated carbocycles. The van der Waals surface area contributed by atoms with Gasteiger partial charge < -0.3 is 10.4 Å². The van der Waals surface area contributed by atoms with E-state index >= 15 is 0 Å². The Hall–Kier alpha value is -1.43. The van der Waals surface area contributed by atoms with E-state index in [2.05, 4.69) is 59.4 Å². The van der Waals surface area contributed by atoms with Crippen molar-refractivity contribution >= 4 is 5.91 Å². The van der Waals surface area contributed by atoms with Crippen molar-refractivity contribution in [3.8, 4) is 0 Å². The van der Waals surface area contributed by atoms with Crippen LogP contribution in [0.4, 0.5) is 0 Å². The van der Waals surface area contributed by atoms with E-state index in [1.54, 1.807) is 0 Å². The van der Waals surface area contributed by atoms with Crippen molar-refractivity contribution in [2.24, 2.45) is 0 Å². The van der Waals surface area contributed by atoms with Crippen molar-refractivity contribution in [3.63, 3.8) is 0 Å². The maximum absolute atomic E-state index is 13.4. The first-order valence-corrected chi connectivity index (χ1v) is 12.4. The number of hydrogen-bond donors (Lipinski definition) is 2. The number of aliphatic hydroxyl groups excluding tert-OH is 1. The van der Waals surface area contributed by atoms with Crippen molar-refractivity contribution in [1.29, 1.82) is 0 Å². The summed E-state index contributed by atoms with van der Waals surface area (Å²) in [5, 5.41) is 14.4. The van der Waals surface area contributed by atoms with Gasteiger partial charge in [0.25, 0.3) is 0 Å². The Labute approximate surface area is 188 Å². The number of nitrogens with one attached hydrogen (secondary N) is 1. The van der Waals surface area contributed by atoms with Gasteiger partial charge in [-0.1, -0.05) is 30.3 Å². The lowest BCUT2D eigenvalue weighted by Crippen LogP contribution is -2.59. The summed E-state index contributed by atoms with van der Waals surface area (Å²) in [6.45, 7) is 5.95. The maximum atomic E-state index is 13.4. The van der Waals surface area contributed by atoms with Gasteiger partial charge >= 0.3 is 0 Å². The molecule has 1 amide bonds. The number of carbonyl (C=O) groups excluding carboxylic acids is 1. The largest absolute Gasteiger partial charge is 0.391 e. The highest BCUT2D eigenvalue weighted by Gasteiger charge is 2.43. The molecule has 2 saturated heterocycles. The average Bonchev–Trinajstić information content (AvgIpc) is 3.26. The summed E-state index contributed by atoms with van der Waals surface area (Å²) in [6.07, 6.45) is 9.11. The van der Waals surface area contributed by atoms with Crippen LogP contribution in [0, 0.1) is 0 Å². The number of aliphatic hydroxyl groups is 1. The standard InChI is InChI=1S/C26H41N3O2/c1-25(14-6-7-17-28(25)2)24(31)27-20-26(21-10-4-3-5-11-21)15-12-22(23(30)13-16-26)29-18-8-9-19-29/h3-5,10-11,22-23,30H,6-9,12-20H2,1-2H3,(H,27,31)/t22-,23-,25?,26-/m0/s1. The number of hydrogen-bond acceptors (Lipinski definition) is 4. The Kier molecular flexibility index (Phi) is 7.04. The monoisotopic (exact) mass is 427 g/mol. The van der Waals surface area contributed by atoms with Crippen molar-refractivity contribution < 1.29 is 9.90 Å². The summed E-state index contributed by atoms with van der Waals surface area (Å²) in [4.78, 5) is 18.1. The van der Waals surface area contributed by atoms with Crippen LogP contribution in [0.5, 0.6) is 0 Å². The van der Waals surface area contributed by atoms with Gasteiger partial charge in [0.15, 0.2) is 0 Å². The van der Waals surface area contributed by atoms with E-state index in [9.17, 15) is 9.90 Å². The summed E-state index contributed by atoms with van der Waals surface area (Å²) in [7, 11) is 2.08. The molecule has 31 heavy (non-hydrogen) atoms. The third kappa shape index (κ3) is 4.69. The molecule has 5 nitrogen and oxygen atoms in total. The third-order valence-electron chi connectivity index (χ3n) is 8.60. The van der Waals surface area contributed by atoms with Crippen LogP contribution in [0.25, 0.3) is 0 Å². The Balaban J connectivity index is 1.53. The highest BCUT2D eigenvalue weighted by atomic mass is 16.3. The molecule has 2 aliphatic heterocycles. The minimum Gasteiger partial charge on any atom is -0.391 e. The lowest BCUT2D eigenvalue weighted by molar-refractivity contribution is -0.134. The summed E-state index contributed by atoms with van der Waals surface area (Å²) in [5.41, 5.74) is 0.765. The number of rotatable bonds is 5. The zero-order valence-electron chi connectivity index (χ0n) is 19.5. The number of amides is 1. The molecule has 1 aromatic carbocycles. The normalized spacial score (nSPS) is 35.6. The lowest BCUT2D eigenvalue weighted by atomic mass is 9.74. The van der Waals surface area contributed by atoms with Crippen molar-refractivity contribution in [3.05, 3.63) is 35.9 Å². The molecule has 172 valence electrons. The minimum atomic E-state index is -0.418. The molecule has 5 heteroatoms. The second-order valence-corrected chi connectivity index (χ2v) is 10.4.